The first-order valence-electron chi connectivity index (χ1n) is 13.2. The highest BCUT2D eigenvalue weighted by Gasteiger charge is 2.24. The predicted octanol–water partition coefficient (Wildman–Crippen LogP) is 5.19. The van der Waals surface area contributed by atoms with Crippen molar-refractivity contribution in [2.24, 2.45) is 7.05 Å². The molecule has 0 saturated carbocycles. The van der Waals surface area contributed by atoms with Gasteiger partial charge in [-0.1, -0.05) is 32.4 Å². The summed E-state index contributed by atoms with van der Waals surface area (Å²) in [6.07, 6.45) is 6.01. The molecule has 0 bridgehead atoms. The van der Waals surface area contributed by atoms with Crippen molar-refractivity contribution in [3.05, 3.63) is 59.3 Å². The van der Waals surface area contributed by atoms with Crippen LogP contribution in [0.25, 0.3) is 22.2 Å². The summed E-state index contributed by atoms with van der Waals surface area (Å²) < 4.78 is 16.8. The van der Waals surface area contributed by atoms with Crippen molar-refractivity contribution in [1.29, 1.82) is 0 Å². The summed E-state index contributed by atoms with van der Waals surface area (Å²) in [6, 6.07) is 9.85. The largest absolute Gasteiger partial charge is 0.309 e. The van der Waals surface area contributed by atoms with E-state index < -0.39 is 5.82 Å². The second kappa shape index (κ2) is 9.79. The molecule has 192 valence electrons. The summed E-state index contributed by atoms with van der Waals surface area (Å²) in [5.74, 6) is 0.827. The van der Waals surface area contributed by atoms with E-state index >= 15 is 0 Å². The van der Waals surface area contributed by atoms with Gasteiger partial charge in [0.1, 0.15) is 11.5 Å². The molecule has 0 atom stereocenters. The van der Waals surface area contributed by atoms with Crippen LogP contribution in [0.1, 0.15) is 56.0 Å². The molecule has 0 aliphatic carbocycles. The number of hydrogen-bond donors (Lipinski definition) is 1. The topological polar surface area (TPSA) is 75.0 Å². The van der Waals surface area contributed by atoms with Crippen molar-refractivity contribution in [3.8, 4) is 11.3 Å². The lowest BCUT2D eigenvalue weighted by molar-refractivity contribution is -0.0510. The van der Waals surface area contributed by atoms with Crippen LogP contribution in [0.3, 0.4) is 0 Å². The third-order valence-corrected chi connectivity index (χ3v) is 7.44. The van der Waals surface area contributed by atoms with Crippen molar-refractivity contribution >= 4 is 22.7 Å². The number of piperidine rings is 1. The minimum atomic E-state index is -0.462. The molecular weight excluding hydrogens is 467 g/mol. The first-order chi connectivity index (χ1) is 18.0. The van der Waals surface area contributed by atoms with Crippen LogP contribution in [0.4, 0.5) is 16.2 Å². The molecular formula is C28H33FN8. The fourth-order valence-corrected chi connectivity index (χ4v) is 5.67. The maximum absolute atomic E-state index is 14.9. The lowest BCUT2D eigenvalue weighted by Crippen LogP contribution is -2.47. The molecule has 0 amide bonds. The Morgan fingerprint density at radius 3 is 2.62 bits per heavy atom. The summed E-state index contributed by atoms with van der Waals surface area (Å²) >= 11 is 0. The van der Waals surface area contributed by atoms with Crippen molar-refractivity contribution in [2.45, 2.75) is 52.0 Å². The Morgan fingerprint density at radius 2 is 1.81 bits per heavy atom. The van der Waals surface area contributed by atoms with E-state index in [-0.39, 0.29) is 5.69 Å². The van der Waals surface area contributed by atoms with Crippen LogP contribution in [0, 0.1) is 5.82 Å². The van der Waals surface area contributed by atoms with E-state index in [1.165, 1.54) is 31.0 Å². The zero-order valence-electron chi connectivity index (χ0n) is 21.7. The highest BCUT2D eigenvalue weighted by Crippen LogP contribution is 2.31. The van der Waals surface area contributed by atoms with Crippen molar-refractivity contribution in [3.63, 3.8) is 0 Å². The second-order valence-electron chi connectivity index (χ2n) is 10.4. The standard InChI is InChI=1S/C28H33FN8/c1-18(2)27-21-15-19(7-9-24(21)34-35(27)3)26-22(29)16-30-28(33-26)32-25-10-8-20-17-37(14-11-23(20)31-25)36-12-5-4-6-13-36/h7-10,15-16,18H,4-6,11-14,17H2,1-3H3,(H,30,31,32,33). The normalized spacial score (nSPS) is 16.9. The van der Waals surface area contributed by atoms with Gasteiger partial charge in [0.25, 0.3) is 0 Å². The van der Waals surface area contributed by atoms with Gasteiger partial charge in [-0.3, -0.25) is 4.68 Å². The highest BCUT2D eigenvalue weighted by molar-refractivity contribution is 5.86. The van der Waals surface area contributed by atoms with Crippen LogP contribution < -0.4 is 5.32 Å². The maximum atomic E-state index is 14.9. The summed E-state index contributed by atoms with van der Waals surface area (Å²) in [7, 11) is 1.94. The minimum Gasteiger partial charge on any atom is -0.309 e. The SMILES string of the molecule is CC(C)c1c2cc(-c3nc(Nc4ccc5c(n4)CCN(N4CCCCC4)C5)ncc3F)ccc2nn1C. The maximum Gasteiger partial charge on any atom is 0.229 e. The second-order valence-corrected chi connectivity index (χ2v) is 10.4. The number of benzene rings is 1. The molecule has 9 heteroatoms. The smallest absolute Gasteiger partial charge is 0.229 e. The van der Waals surface area contributed by atoms with Gasteiger partial charge in [0.2, 0.25) is 5.95 Å². The fourth-order valence-electron chi connectivity index (χ4n) is 5.67. The Bertz CT molecular complexity index is 1440. The minimum absolute atomic E-state index is 0.257. The zero-order chi connectivity index (χ0) is 25.5. The number of aryl methyl sites for hydroxylation is 1. The van der Waals surface area contributed by atoms with Crippen LogP contribution in [-0.4, -0.2) is 54.4 Å². The molecule has 5 heterocycles. The zero-order valence-corrected chi connectivity index (χ0v) is 21.7. The molecule has 4 aromatic rings. The van der Waals surface area contributed by atoms with E-state index in [1.54, 1.807) is 0 Å². The lowest BCUT2D eigenvalue weighted by Gasteiger charge is -2.40. The van der Waals surface area contributed by atoms with Gasteiger partial charge in [-0.05, 0) is 42.5 Å². The Hall–Kier alpha value is -3.43. The van der Waals surface area contributed by atoms with Gasteiger partial charge >= 0.3 is 0 Å². The molecule has 6 rings (SSSR count). The average Bonchev–Trinajstić information content (AvgIpc) is 3.25. The number of pyridine rings is 1. The monoisotopic (exact) mass is 500 g/mol. The molecule has 2 aliphatic rings. The Balaban J connectivity index is 1.24. The molecule has 0 unspecified atom stereocenters. The number of rotatable bonds is 5. The third-order valence-electron chi connectivity index (χ3n) is 7.44. The molecule has 1 fully saturated rings. The quantitative estimate of drug-likeness (QED) is 0.404. The average molecular weight is 501 g/mol. The van der Waals surface area contributed by atoms with Gasteiger partial charge in [-0.15, -0.1) is 0 Å². The lowest BCUT2D eigenvalue weighted by atomic mass is 10.0. The third kappa shape index (κ3) is 4.69. The van der Waals surface area contributed by atoms with E-state index in [0.717, 1.165) is 54.9 Å². The van der Waals surface area contributed by atoms with Crippen molar-refractivity contribution < 1.29 is 4.39 Å². The summed E-state index contributed by atoms with van der Waals surface area (Å²) in [4.78, 5) is 13.6. The predicted molar refractivity (Wildman–Crippen MR) is 143 cm³/mol. The Labute approximate surface area is 216 Å². The van der Waals surface area contributed by atoms with Crippen LogP contribution in [-0.2, 0) is 20.0 Å². The number of hydrazine groups is 1. The van der Waals surface area contributed by atoms with E-state index in [1.807, 2.05) is 36.0 Å². The van der Waals surface area contributed by atoms with E-state index in [9.17, 15) is 4.39 Å². The van der Waals surface area contributed by atoms with Gasteiger partial charge in [0.05, 0.1) is 11.7 Å². The first kappa shape index (κ1) is 23.9. The number of hydrogen-bond acceptors (Lipinski definition) is 7. The molecule has 1 aromatic carbocycles. The van der Waals surface area contributed by atoms with Crippen LogP contribution in [0.5, 0.6) is 0 Å². The van der Waals surface area contributed by atoms with Crippen molar-refractivity contribution in [2.75, 3.05) is 25.0 Å². The number of fused-ring (bicyclic) bond motifs is 2. The van der Waals surface area contributed by atoms with Crippen LogP contribution >= 0.6 is 0 Å². The molecule has 0 spiro atoms. The number of nitrogens with zero attached hydrogens (tertiary/aromatic N) is 7. The van der Waals surface area contributed by atoms with E-state index in [0.29, 0.717) is 23.2 Å². The fraction of sp³-hybridized carbons (Fsp3) is 0.429. The van der Waals surface area contributed by atoms with Gasteiger partial charge < -0.3 is 5.32 Å². The molecule has 3 aromatic heterocycles. The Kier molecular flexibility index (Phi) is 6.34. The number of aromatic nitrogens is 5. The molecule has 0 radical (unpaired) electrons. The highest BCUT2D eigenvalue weighted by atomic mass is 19.1. The molecule has 8 nitrogen and oxygen atoms in total. The molecule has 37 heavy (non-hydrogen) atoms. The molecule has 2 aliphatic heterocycles. The van der Waals surface area contributed by atoms with Crippen LogP contribution in [0.2, 0.25) is 0 Å². The molecule has 1 N–H and O–H groups in total. The Morgan fingerprint density at radius 1 is 0.973 bits per heavy atom. The van der Waals surface area contributed by atoms with Gasteiger partial charge in [-0.2, -0.15) is 5.10 Å². The van der Waals surface area contributed by atoms with Gasteiger partial charge in [-0.25, -0.2) is 29.4 Å². The van der Waals surface area contributed by atoms with E-state index in [4.69, 9.17) is 4.98 Å². The number of halogens is 1. The van der Waals surface area contributed by atoms with Crippen molar-refractivity contribution in [1.82, 2.24) is 34.8 Å². The van der Waals surface area contributed by atoms with Gasteiger partial charge in [0, 0.05) is 62.0 Å². The molecule has 1 saturated heterocycles. The number of nitrogens with one attached hydrogen (secondary N) is 1. The van der Waals surface area contributed by atoms with Crippen LogP contribution in [0.15, 0.2) is 36.5 Å². The van der Waals surface area contributed by atoms with E-state index in [2.05, 4.69) is 50.3 Å². The summed E-state index contributed by atoms with van der Waals surface area (Å²) in [6.45, 7) is 8.45. The number of anilines is 2. The summed E-state index contributed by atoms with van der Waals surface area (Å²) in [5, 5.41) is 13.8. The first-order valence-corrected chi connectivity index (χ1v) is 13.2. The summed E-state index contributed by atoms with van der Waals surface area (Å²) in [5.41, 5.74) is 5.31. The van der Waals surface area contributed by atoms with Gasteiger partial charge in [0.15, 0.2) is 5.82 Å².